The zero-order valence-corrected chi connectivity index (χ0v) is 19.7. The van der Waals surface area contributed by atoms with Gasteiger partial charge >= 0.3 is 17.9 Å². The summed E-state index contributed by atoms with van der Waals surface area (Å²) in [5.74, 6) is -0.0340. The zero-order chi connectivity index (χ0) is 22.7. The van der Waals surface area contributed by atoms with Crippen molar-refractivity contribution in [2.24, 2.45) is 5.10 Å². The molecule has 4 rings (SSSR count). The van der Waals surface area contributed by atoms with Crippen LogP contribution in [0.1, 0.15) is 30.8 Å². The number of carbonyl (C=O) groups excluding carboxylic acids is 1. The van der Waals surface area contributed by atoms with E-state index in [0.717, 1.165) is 37.4 Å². The molecule has 2 aliphatic rings. The van der Waals surface area contributed by atoms with E-state index in [4.69, 9.17) is 13.6 Å². The van der Waals surface area contributed by atoms with Crippen molar-refractivity contribution < 1.29 is 56.7 Å². The maximum absolute atomic E-state index is 12.3. The Morgan fingerprint density at radius 1 is 1.06 bits per heavy atom. The molecule has 1 amide bonds. The second-order valence-corrected chi connectivity index (χ2v) is 7.95. The Morgan fingerprint density at radius 3 is 2.36 bits per heavy atom. The molecule has 2 aromatic rings. The summed E-state index contributed by atoms with van der Waals surface area (Å²) in [5, 5.41) is 26.8. The van der Waals surface area contributed by atoms with Crippen molar-refractivity contribution in [1.29, 1.82) is 0 Å². The largest absolute Gasteiger partial charge is 1.00 e. The van der Waals surface area contributed by atoms with Gasteiger partial charge in [-0.1, -0.05) is 0 Å². The third-order valence-corrected chi connectivity index (χ3v) is 5.65. The molecule has 2 aromatic heterocycles. The van der Waals surface area contributed by atoms with Gasteiger partial charge in [0.15, 0.2) is 17.6 Å². The first-order valence-corrected chi connectivity index (χ1v) is 10.2. The number of halogens is 1. The first-order chi connectivity index (χ1) is 15.3. The smallest absolute Gasteiger partial charge is 0.433 e. The summed E-state index contributed by atoms with van der Waals surface area (Å²) in [7, 11) is 0. The Labute approximate surface area is 204 Å². The SMILES string of the molecule is O=C1OC(C[N+]2(Cc3ccc([N+](=O)[O-])o3)CCCCC2)CN1/N=C/c1ccc([N+](=O)[O-])o1.[I-]. The van der Waals surface area contributed by atoms with Crippen molar-refractivity contribution in [2.45, 2.75) is 31.9 Å². The molecule has 0 aromatic carbocycles. The van der Waals surface area contributed by atoms with Crippen molar-refractivity contribution in [2.75, 3.05) is 26.2 Å². The standard InChI is InChI=1S/C19H22N5O8.HI/c25-19-21(20-10-14-4-6-17(30-14)22(26)27)11-16(32-19)13-24(8-2-1-3-9-24)12-15-5-7-18(31-15)23(28)29;/h4-7,10,16H,1-3,8-9,11-13H2;1H/q+1;/p-1/b20-10+;. The average Bonchev–Trinajstić information content (AvgIpc) is 3.47. The highest BCUT2D eigenvalue weighted by molar-refractivity contribution is 5.78. The summed E-state index contributed by atoms with van der Waals surface area (Å²) in [6, 6.07) is 5.56. The van der Waals surface area contributed by atoms with E-state index in [1.165, 1.54) is 24.4 Å². The molecule has 2 aliphatic heterocycles. The molecule has 14 heteroatoms. The van der Waals surface area contributed by atoms with Gasteiger partial charge in [0, 0.05) is 0 Å². The van der Waals surface area contributed by atoms with Gasteiger partial charge in [0.2, 0.25) is 0 Å². The average molecular weight is 575 g/mol. The topological polar surface area (TPSA) is 154 Å². The van der Waals surface area contributed by atoms with E-state index in [9.17, 15) is 25.0 Å². The van der Waals surface area contributed by atoms with E-state index >= 15 is 0 Å². The predicted octanol–water partition coefficient (Wildman–Crippen LogP) is 0.0486. The van der Waals surface area contributed by atoms with Gasteiger partial charge in [-0.2, -0.15) is 10.1 Å². The normalized spacial score (nSPS) is 19.9. The number of hydrogen-bond acceptors (Lipinski definition) is 9. The predicted molar refractivity (Wildman–Crippen MR) is 108 cm³/mol. The van der Waals surface area contributed by atoms with Crippen LogP contribution in [-0.4, -0.2) is 63.9 Å². The summed E-state index contributed by atoms with van der Waals surface area (Å²) in [6.07, 6.45) is 3.30. The molecule has 1 atom stereocenters. The number of likely N-dealkylation sites (tertiary alicyclic amines) is 1. The molecule has 0 radical (unpaired) electrons. The molecule has 0 bridgehead atoms. The summed E-state index contributed by atoms with van der Waals surface area (Å²) in [5.41, 5.74) is 0. The summed E-state index contributed by atoms with van der Waals surface area (Å²) in [6.45, 7) is 2.92. The molecular weight excluding hydrogens is 553 g/mol. The number of cyclic esters (lactones) is 1. The highest BCUT2D eigenvalue weighted by Crippen LogP contribution is 2.28. The van der Waals surface area contributed by atoms with Gasteiger partial charge in [-0.15, -0.1) is 0 Å². The van der Waals surface area contributed by atoms with Gasteiger partial charge in [-0.3, -0.25) is 20.2 Å². The van der Waals surface area contributed by atoms with Crippen LogP contribution in [0, 0.1) is 20.2 Å². The Bertz CT molecular complexity index is 1040. The lowest BCUT2D eigenvalue weighted by Gasteiger charge is -2.41. The van der Waals surface area contributed by atoms with E-state index in [1.807, 2.05) is 0 Å². The highest BCUT2D eigenvalue weighted by atomic mass is 127. The molecule has 2 fully saturated rings. The van der Waals surface area contributed by atoms with Crippen LogP contribution in [0.3, 0.4) is 0 Å². The third kappa shape index (κ3) is 5.87. The van der Waals surface area contributed by atoms with Crippen LogP contribution in [0.15, 0.2) is 38.2 Å². The quantitative estimate of drug-likeness (QED) is 0.141. The number of amides is 1. The lowest BCUT2D eigenvalue weighted by molar-refractivity contribution is -0.948. The Balaban J connectivity index is 0.00000306. The molecule has 0 saturated carbocycles. The maximum atomic E-state index is 12.3. The molecule has 13 nitrogen and oxygen atoms in total. The molecule has 178 valence electrons. The number of quaternary nitrogens is 1. The Hall–Kier alpha value is -3.01. The molecule has 4 heterocycles. The van der Waals surface area contributed by atoms with Gasteiger partial charge in [-0.25, -0.2) is 4.79 Å². The fraction of sp³-hybridized carbons (Fsp3) is 0.474. The number of nitro groups is 2. The second kappa shape index (κ2) is 10.3. The summed E-state index contributed by atoms with van der Waals surface area (Å²) in [4.78, 5) is 32.7. The van der Waals surface area contributed by atoms with Gasteiger partial charge in [0.1, 0.15) is 22.9 Å². The van der Waals surface area contributed by atoms with Gasteiger partial charge in [0.25, 0.3) is 0 Å². The van der Waals surface area contributed by atoms with E-state index < -0.39 is 27.9 Å². The van der Waals surface area contributed by atoms with Gasteiger partial charge < -0.3 is 42.0 Å². The number of hydrazone groups is 1. The Morgan fingerprint density at radius 2 is 1.73 bits per heavy atom. The van der Waals surface area contributed by atoms with Gasteiger partial charge in [-0.05, 0) is 31.4 Å². The van der Waals surface area contributed by atoms with Crippen LogP contribution < -0.4 is 24.0 Å². The van der Waals surface area contributed by atoms with Crippen molar-refractivity contribution in [3.8, 4) is 0 Å². The molecular formula is C19H22IN5O8. The monoisotopic (exact) mass is 575 g/mol. The molecule has 33 heavy (non-hydrogen) atoms. The molecule has 0 spiro atoms. The van der Waals surface area contributed by atoms with Crippen molar-refractivity contribution in [3.05, 3.63) is 56.0 Å². The number of piperidine rings is 1. The number of nitrogens with zero attached hydrogens (tertiary/aromatic N) is 5. The number of rotatable bonds is 8. The lowest BCUT2D eigenvalue weighted by Crippen LogP contribution is -3.00. The lowest BCUT2D eigenvalue weighted by atomic mass is 10.1. The van der Waals surface area contributed by atoms with Crippen LogP contribution >= 0.6 is 0 Å². The Kier molecular flexibility index (Phi) is 7.68. The second-order valence-electron chi connectivity index (χ2n) is 7.95. The third-order valence-electron chi connectivity index (χ3n) is 5.65. The first kappa shape index (κ1) is 24.6. The number of ether oxygens (including phenoxy) is 1. The number of hydrogen-bond donors (Lipinski definition) is 0. The summed E-state index contributed by atoms with van der Waals surface area (Å²) >= 11 is 0. The molecule has 0 N–H and O–H groups in total. The van der Waals surface area contributed by atoms with E-state index in [-0.39, 0.29) is 42.2 Å². The fourth-order valence-electron chi connectivity index (χ4n) is 4.23. The van der Waals surface area contributed by atoms with Crippen LogP contribution in [0.5, 0.6) is 0 Å². The van der Waals surface area contributed by atoms with Crippen molar-refractivity contribution >= 4 is 24.1 Å². The summed E-state index contributed by atoms with van der Waals surface area (Å²) < 4.78 is 16.5. The minimum atomic E-state index is -0.660. The van der Waals surface area contributed by atoms with Crippen LogP contribution in [-0.2, 0) is 11.3 Å². The number of furan rings is 2. The molecule has 2 saturated heterocycles. The van der Waals surface area contributed by atoms with Crippen LogP contribution in [0.25, 0.3) is 0 Å². The van der Waals surface area contributed by atoms with Crippen LogP contribution in [0.2, 0.25) is 0 Å². The van der Waals surface area contributed by atoms with E-state index in [1.54, 1.807) is 6.07 Å². The van der Waals surface area contributed by atoms with E-state index in [0.29, 0.717) is 23.3 Å². The highest BCUT2D eigenvalue weighted by Gasteiger charge is 2.41. The fourth-order valence-corrected chi connectivity index (χ4v) is 4.23. The van der Waals surface area contributed by atoms with E-state index in [2.05, 4.69) is 5.10 Å². The first-order valence-electron chi connectivity index (χ1n) is 10.2. The maximum Gasteiger partial charge on any atom is 0.433 e. The van der Waals surface area contributed by atoms with Crippen molar-refractivity contribution in [1.82, 2.24) is 5.01 Å². The zero-order valence-electron chi connectivity index (χ0n) is 17.5. The minimum Gasteiger partial charge on any atom is -1.00 e. The van der Waals surface area contributed by atoms with Crippen molar-refractivity contribution in [3.63, 3.8) is 0 Å². The minimum absolute atomic E-state index is 0. The molecule has 1 unspecified atom stereocenters. The van der Waals surface area contributed by atoms with Gasteiger partial charge in [0.05, 0.1) is 38.0 Å². The van der Waals surface area contributed by atoms with Crippen LogP contribution in [0.4, 0.5) is 16.6 Å². The molecule has 0 aliphatic carbocycles. The number of carbonyl (C=O) groups is 1.